The lowest BCUT2D eigenvalue weighted by molar-refractivity contribution is 0.421. The van der Waals surface area contributed by atoms with Crippen molar-refractivity contribution in [3.63, 3.8) is 0 Å². The largest absolute Gasteiger partial charge is 0.311 e. The van der Waals surface area contributed by atoms with Crippen molar-refractivity contribution in [3.8, 4) is 0 Å². The molecule has 0 amide bonds. The lowest BCUT2D eigenvalue weighted by Gasteiger charge is -2.20. The number of fused-ring (bicyclic) bond motifs is 1. The first-order valence-corrected chi connectivity index (χ1v) is 7.78. The number of hydrogen-bond acceptors (Lipinski definition) is 2. The molecule has 0 aliphatic carbocycles. The summed E-state index contributed by atoms with van der Waals surface area (Å²) in [4.78, 5) is 0. The molecule has 0 saturated carbocycles. The number of aromatic nitrogens is 2. The zero-order chi connectivity index (χ0) is 14.5. The zero-order valence-corrected chi connectivity index (χ0v) is 13.2. The normalized spacial score (nSPS) is 13.2. The molecular weight excluding hydrogens is 246 g/mol. The number of aryl methyl sites for hydroxylation is 1. The summed E-state index contributed by atoms with van der Waals surface area (Å²) in [5, 5.41) is 9.70. The minimum absolute atomic E-state index is 0.520. The van der Waals surface area contributed by atoms with Crippen LogP contribution in [0.2, 0.25) is 0 Å². The molecule has 1 heterocycles. The Kier molecular flexibility index (Phi) is 5.18. The average molecular weight is 273 g/mol. The molecule has 3 heteroatoms. The van der Waals surface area contributed by atoms with E-state index in [1.807, 2.05) is 11.7 Å². The number of hydrogen-bond donors (Lipinski definition) is 1. The first-order valence-electron chi connectivity index (χ1n) is 7.78. The summed E-state index contributed by atoms with van der Waals surface area (Å²) in [5.41, 5.74) is 2.44. The Balaban J connectivity index is 2.19. The van der Waals surface area contributed by atoms with E-state index >= 15 is 0 Å². The first-order chi connectivity index (χ1) is 9.61. The van der Waals surface area contributed by atoms with Crippen LogP contribution in [0.15, 0.2) is 24.3 Å². The Morgan fingerprint density at radius 3 is 2.70 bits per heavy atom. The Morgan fingerprint density at radius 1 is 1.25 bits per heavy atom. The van der Waals surface area contributed by atoms with Crippen LogP contribution >= 0.6 is 0 Å². The molecule has 20 heavy (non-hydrogen) atoms. The van der Waals surface area contributed by atoms with Crippen molar-refractivity contribution in [1.29, 1.82) is 0 Å². The minimum Gasteiger partial charge on any atom is -0.311 e. The topological polar surface area (TPSA) is 29.9 Å². The van der Waals surface area contributed by atoms with Gasteiger partial charge >= 0.3 is 0 Å². The fraction of sp³-hybridized carbons (Fsp3) is 0.588. The maximum absolute atomic E-state index is 4.72. The molecule has 2 aromatic rings. The third kappa shape index (κ3) is 3.60. The van der Waals surface area contributed by atoms with Gasteiger partial charge in [0.05, 0.1) is 11.2 Å². The van der Waals surface area contributed by atoms with Gasteiger partial charge in [0.2, 0.25) is 0 Å². The van der Waals surface area contributed by atoms with Gasteiger partial charge in [-0.2, -0.15) is 5.10 Å². The summed E-state index contributed by atoms with van der Waals surface area (Å²) in [6.45, 7) is 6.69. The molecule has 0 saturated heterocycles. The van der Waals surface area contributed by atoms with E-state index in [9.17, 15) is 0 Å². The van der Waals surface area contributed by atoms with Gasteiger partial charge in [0, 0.05) is 30.9 Å². The van der Waals surface area contributed by atoms with Crippen molar-refractivity contribution >= 4 is 10.9 Å². The van der Waals surface area contributed by atoms with Gasteiger partial charge in [-0.3, -0.25) is 4.68 Å². The van der Waals surface area contributed by atoms with Crippen molar-refractivity contribution in [2.45, 2.75) is 58.5 Å². The number of benzene rings is 1. The standard InChI is InChI=1S/C17H27N3/c1-5-6-9-14(18-13(2)3)12-16-15-10-7-8-11-17(15)20(4)19-16/h7-8,10-11,13-14,18H,5-6,9,12H2,1-4H3. The average Bonchev–Trinajstić information content (AvgIpc) is 2.73. The van der Waals surface area contributed by atoms with Gasteiger partial charge in [-0.25, -0.2) is 0 Å². The van der Waals surface area contributed by atoms with Crippen LogP contribution in [0.3, 0.4) is 0 Å². The molecule has 0 aliphatic rings. The second-order valence-corrected chi connectivity index (χ2v) is 5.95. The van der Waals surface area contributed by atoms with Crippen molar-refractivity contribution in [2.24, 2.45) is 7.05 Å². The van der Waals surface area contributed by atoms with E-state index in [0.717, 1.165) is 6.42 Å². The smallest absolute Gasteiger partial charge is 0.0718 e. The summed E-state index contributed by atoms with van der Waals surface area (Å²) in [7, 11) is 2.03. The second-order valence-electron chi connectivity index (χ2n) is 5.95. The van der Waals surface area contributed by atoms with E-state index in [1.54, 1.807) is 0 Å². The molecule has 0 radical (unpaired) electrons. The highest BCUT2D eigenvalue weighted by molar-refractivity contribution is 5.81. The Morgan fingerprint density at radius 2 is 2.00 bits per heavy atom. The summed E-state index contributed by atoms with van der Waals surface area (Å²) < 4.78 is 2.00. The summed E-state index contributed by atoms with van der Waals surface area (Å²) in [6, 6.07) is 9.55. The lowest BCUT2D eigenvalue weighted by Crippen LogP contribution is -2.36. The minimum atomic E-state index is 0.520. The number of unbranched alkanes of at least 4 members (excludes halogenated alkanes) is 1. The van der Waals surface area contributed by atoms with E-state index < -0.39 is 0 Å². The highest BCUT2D eigenvalue weighted by Crippen LogP contribution is 2.20. The van der Waals surface area contributed by atoms with Gasteiger partial charge in [0.25, 0.3) is 0 Å². The van der Waals surface area contributed by atoms with Gasteiger partial charge in [-0.1, -0.05) is 51.8 Å². The quantitative estimate of drug-likeness (QED) is 0.834. The molecular formula is C17H27N3. The van der Waals surface area contributed by atoms with Crippen LogP contribution in [-0.4, -0.2) is 21.9 Å². The fourth-order valence-corrected chi connectivity index (χ4v) is 2.84. The maximum atomic E-state index is 4.72. The van der Waals surface area contributed by atoms with Gasteiger partial charge in [-0.15, -0.1) is 0 Å². The Hall–Kier alpha value is -1.35. The van der Waals surface area contributed by atoms with Gasteiger partial charge in [0.15, 0.2) is 0 Å². The number of nitrogens with zero attached hydrogens (tertiary/aromatic N) is 2. The molecule has 0 spiro atoms. The van der Waals surface area contributed by atoms with Crippen LogP contribution in [0.5, 0.6) is 0 Å². The molecule has 1 unspecified atom stereocenters. The molecule has 110 valence electrons. The van der Waals surface area contributed by atoms with Gasteiger partial charge in [-0.05, 0) is 12.5 Å². The van der Waals surface area contributed by atoms with Crippen LogP contribution in [0.4, 0.5) is 0 Å². The van der Waals surface area contributed by atoms with Gasteiger partial charge in [0.1, 0.15) is 0 Å². The van der Waals surface area contributed by atoms with E-state index in [4.69, 9.17) is 5.10 Å². The van der Waals surface area contributed by atoms with Gasteiger partial charge < -0.3 is 5.32 Å². The SMILES string of the molecule is CCCCC(Cc1nn(C)c2ccccc12)NC(C)C. The molecule has 1 aromatic carbocycles. The summed E-state index contributed by atoms with van der Waals surface area (Å²) in [5.74, 6) is 0. The van der Waals surface area contributed by atoms with E-state index in [1.165, 1.54) is 35.9 Å². The highest BCUT2D eigenvalue weighted by Gasteiger charge is 2.15. The van der Waals surface area contributed by atoms with Crippen LogP contribution in [0, 0.1) is 0 Å². The number of para-hydroxylation sites is 1. The highest BCUT2D eigenvalue weighted by atomic mass is 15.3. The Bertz CT molecular complexity index is 542. The summed E-state index contributed by atoms with van der Waals surface area (Å²) in [6.07, 6.45) is 4.76. The Labute approximate surface area is 122 Å². The third-order valence-corrected chi connectivity index (χ3v) is 3.75. The molecule has 1 N–H and O–H groups in total. The fourth-order valence-electron chi connectivity index (χ4n) is 2.84. The van der Waals surface area contributed by atoms with Crippen LogP contribution in [0.25, 0.3) is 10.9 Å². The predicted octanol–water partition coefficient (Wildman–Crippen LogP) is 3.67. The maximum Gasteiger partial charge on any atom is 0.0718 e. The lowest BCUT2D eigenvalue weighted by atomic mass is 10.0. The second kappa shape index (κ2) is 6.89. The first kappa shape index (κ1) is 15.0. The van der Waals surface area contributed by atoms with Crippen LogP contribution in [0.1, 0.15) is 45.7 Å². The number of nitrogens with one attached hydrogen (secondary N) is 1. The molecule has 0 aliphatic heterocycles. The molecule has 1 atom stereocenters. The van der Waals surface area contributed by atoms with Crippen molar-refractivity contribution < 1.29 is 0 Å². The van der Waals surface area contributed by atoms with E-state index in [-0.39, 0.29) is 0 Å². The zero-order valence-electron chi connectivity index (χ0n) is 13.2. The monoisotopic (exact) mass is 273 g/mol. The van der Waals surface area contributed by atoms with Crippen molar-refractivity contribution in [2.75, 3.05) is 0 Å². The van der Waals surface area contributed by atoms with E-state index in [2.05, 4.69) is 50.4 Å². The molecule has 0 bridgehead atoms. The predicted molar refractivity (Wildman–Crippen MR) is 86.0 cm³/mol. The molecule has 0 fully saturated rings. The van der Waals surface area contributed by atoms with Crippen LogP contribution < -0.4 is 5.32 Å². The molecule has 3 nitrogen and oxygen atoms in total. The van der Waals surface area contributed by atoms with Crippen molar-refractivity contribution in [1.82, 2.24) is 15.1 Å². The van der Waals surface area contributed by atoms with Crippen molar-refractivity contribution in [3.05, 3.63) is 30.0 Å². The number of rotatable bonds is 7. The van der Waals surface area contributed by atoms with E-state index in [0.29, 0.717) is 12.1 Å². The third-order valence-electron chi connectivity index (χ3n) is 3.75. The van der Waals surface area contributed by atoms with Crippen LogP contribution in [-0.2, 0) is 13.5 Å². The summed E-state index contributed by atoms with van der Waals surface area (Å²) >= 11 is 0. The molecule has 2 rings (SSSR count). The molecule has 1 aromatic heterocycles.